The molecule has 0 spiro atoms. The highest BCUT2D eigenvalue weighted by Crippen LogP contribution is 2.27. The predicted molar refractivity (Wildman–Crippen MR) is 80.7 cm³/mol. The van der Waals surface area contributed by atoms with Gasteiger partial charge in [-0.2, -0.15) is 5.10 Å². The molecule has 110 valence electrons. The van der Waals surface area contributed by atoms with E-state index in [0.717, 1.165) is 0 Å². The van der Waals surface area contributed by atoms with Crippen LogP contribution in [-0.4, -0.2) is 28.8 Å². The average molecular weight is 343 g/mol. The van der Waals surface area contributed by atoms with Crippen molar-refractivity contribution in [1.82, 2.24) is 15.1 Å². The Labute approximate surface area is 126 Å². The van der Waals surface area contributed by atoms with Crippen molar-refractivity contribution in [3.05, 3.63) is 21.0 Å². The third-order valence-electron chi connectivity index (χ3n) is 3.45. The number of rotatable bonds is 6. The van der Waals surface area contributed by atoms with Crippen LogP contribution in [0.15, 0.2) is 15.5 Å². The molecule has 20 heavy (non-hydrogen) atoms. The highest BCUT2D eigenvalue weighted by atomic mass is 79.9. The van der Waals surface area contributed by atoms with Gasteiger partial charge >= 0.3 is 0 Å². The molecule has 0 unspecified atom stereocenters. The maximum Gasteiger partial charge on any atom is 0.291 e. The highest BCUT2D eigenvalue weighted by molar-refractivity contribution is 9.10. The van der Waals surface area contributed by atoms with Gasteiger partial charge in [0, 0.05) is 26.6 Å². The number of halogens is 1. The molecule has 0 saturated heterocycles. The zero-order chi connectivity index (χ0) is 14.5. The molecule has 2 N–H and O–H groups in total. The van der Waals surface area contributed by atoms with Crippen molar-refractivity contribution in [2.45, 2.75) is 32.7 Å². The van der Waals surface area contributed by atoms with Crippen LogP contribution in [0.1, 0.15) is 26.2 Å². The van der Waals surface area contributed by atoms with Crippen LogP contribution < -0.4 is 16.2 Å². The standard InChI is InChI=1S/C13H19BrN4O2/c1-9(19)15-5-6-16-12-11(14)7-17-18(13(12)20)8-10-3-2-4-10/h7,10,16H,2-6,8H2,1H3,(H,15,19). The Kier molecular flexibility index (Phi) is 5.17. The molecule has 1 heterocycles. The van der Waals surface area contributed by atoms with E-state index in [-0.39, 0.29) is 11.5 Å². The molecule has 2 rings (SSSR count). The number of hydrogen-bond donors (Lipinski definition) is 2. The van der Waals surface area contributed by atoms with Gasteiger partial charge in [0.15, 0.2) is 0 Å². The van der Waals surface area contributed by atoms with Gasteiger partial charge in [-0.1, -0.05) is 6.42 Å². The summed E-state index contributed by atoms with van der Waals surface area (Å²) < 4.78 is 2.17. The number of carbonyl (C=O) groups excluding carboxylic acids is 1. The van der Waals surface area contributed by atoms with E-state index in [0.29, 0.717) is 35.7 Å². The van der Waals surface area contributed by atoms with Gasteiger partial charge in [0.2, 0.25) is 5.91 Å². The van der Waals surface area contributed by atoms with E-state index < -0.39 is 0 Å². The Balaban J connectivity index is 2.00. The summed E-state index contributed by atoms with van der Waals surface area (Å²) in [5.41, 5.74) is 0.388. The van der Waals surface area contributed by atoms with Crippen LogP contribution in [0, 0.1) is 5.92 Å². The molecule has 6 nitrogen and oxygen atoms in total. The van der Waals surface area contributed by atoms with Gasteiger partial charge < -0.3 is 10.6 Å². The smallest absolute Gasteiger partial charge is 0.291 e. The lowest BCUT2D eigenvalue weighted by atomic mass is 9.85. The summed E-state index contributed by atoms with van der Waals surface area (Å²) in [6, 6.07) is 0. The molecule has 0 bridgehead atoms. The summed E-state index contributed by atoms with van der Waals surface area (Å²) in [6.45, 7) is 3.13. The fourth-order valence-electron chi connectivity index (χ4n) is 2.10. The van der Waals surface area contributed by atoms with Crippen LogP contribution in [0.25, 0.3) is 0 Å². The summed E-state index contributed by atoms with van der Waals surface area (Å²) in [5, 5.41) is 9.89. The van der Waals surface area contributed by atoms with Gasteiger partial charge in [0.05, 0.1) is 10.7 Å². The third-order valence-corrected chi connectivity index (χ3v) is 4.06. The maximum absolute atomic E-state index is 12.3. The van der Waals surface area contributed by atoms with Gasteiger partial charge in [-0.25, -0.2) is 4.68 Å². The highest BCUT2D eigenvalue weighted by Gasteiger charge is 2.20. The van der Waals surface area contributed by atoms with Crippen molar-refractivity contribution in [3.63, 3.8) is 0 Å². The van der Waals surface area contributed by atoms with Crippen LogP contribution >= 0.6 is 15.9 Å². The molecule has 1 fully saturated rings. The van der Waals surface area contributed by atoms with Crippen LogP contribution in [-0.2, 0) is 11.3 Å². The Hall–Kier alpha value is -1.37. The first-order valence-electron chi connectivity index (χ1n) is 6.82. The quantitative estimate of drug-likeness (QED) is 0.765. The van der Waals surface area contributed by atoms with Crippen molar-refractivity contribution < 1.29 is 4.79 Å². The van der Waals surface area contributed by atoms with Gasteiger partial charge in [0.1, 0.15) is 5.69 Å². The molecule has 1 aliphatic carbocycles. The lowest BCUT2D eigenvalue weighted by Crippen LogP contribution is -2.32. The van der Waals surface area contributed by atoms with E-state index in [2.05, 4.69) is 31.7 Å². The molecular formula is C13H19BrN4O2. The first kappa shape index (κ1) is 15.0. The SMILES string of the molecule is CC(=O)NCCNc1c(Br)cnn(CC2CCC2)c1=O. The Morgan fingerprint density at radius 3 is 2.85 bits per heavy atom. The summed E-state index contributed by atoms with van der Waals surface area (Å²) in [5.74, 6) is 0.497. The monoisotopic (exact) mass is 342 g/mol. The zero-order valence-corrected chi connectivity index (χ0v) is 13.1. The number of anilines is 1. The van der Waals surface area contributed by atoms with E-state index in [9.17, 15) is 9.59 Å². The van der Waals surface area contributed by atoms with Crippen LogP contribution in [0.5, 0.6) is 0 Å². The largest absolute Gasteiger partial charge is 0.378 e. The normalized spacial score (nSPS) is 14.7. The van der Waals surface area contributed by atoms with Gasteiger partial charge in [-0.3, -0.25) is 9.59 Å². The summed E-state index contributed by atoms with van der Waals surface area (Å²) >= 11 is 3.33. The fraction of sp³-hybridized carbons (Fsp3) is 0.615. The molecule has 0 radical (unpaired) electrons. The number of nitrogens with zero attached hydrogens (tertiary/aromatic N) is 2. The number of hydrogen-bond acceptors (Lipinski definition) is 4. The minimum absolute atomic E-state index is 0.0806. The van der Waals surface area contributed by atoms with E-state index in [1.165, 1.54) is 30.9 Å². The first-order valence-corrected chi connectivity index (χ1v) is 7.61. The van der Waals surface area contributed by atoms with Crippen LogP contribution in [0.2, 0.25) is 0 Å². The first-order chi connectivity index (χ1) is 9.58. The van der Waals surface area contributed by atoms with Crippen LogP contribution in [0.3, 0.4) is 0 Å². The second kappa shape index (κ2) is 6.88. The van der Waals surface area contributed by atoms with Crippen LogP contribution in [0.4, 0.5) is 5.69 Å². The Morgan fingerprint density at radius 1 is 1.50 bits per heavy atom. The molecule has 1 aromatic rings. The zero-order valence-electron chi connectivity index (χ0n) is 11.5. The third kappa shape index (κ3) is 3.82. The van der Waals surface area contributed by atoms with Gasteiger partial charge in [-0.15, -0.1) is 0 Å². The van der Waals surface area contributed by atoms with Crippen molar-refractivity contribution in [2.24, 2.45) is 5.92 Å². The molecule has 0 atom stereocenters. The second-order valence-corrected chi connectivity index (χ2v) is 5.92. The lowest BCUT2D eigenvalue weighted by molar-refractivity contribution is -0.118. The molecule has 1 saturated carbocycles. The predicted octanol–water partition coefficient (Wildman–Crippen LogP) is 1.35. The molecule has 7 heteroatoms. The number of aromatic nitrogens is 2. The Bertz CT molecular complexity index is 540. The maximum atomic E-state index is 12.3. The summed E-state index contributed by atoms with van der Waals surface area (Å²) in [4.78, 5) is 23.1. The Morgan fingerprint density at radius 2 is 2.25 bits per heavy atom. The number of carbonyl (C=O) groups is 1. The topological polar surface area (TPSA) is 76.0 Å². The number of nitrogens with one attached hydrogen (secondary N) is 2. The molecular weight excluding hydrogens is 324 g/mol. The van der Waals surface area contributed by atoms with E-state index >= 15 is 0 Å². The molecule has 1 aromatic heterocycles. The number of amides is 1. The average Bonchev–Trinajstić information content (AvgIpc) is 2.34. The molecule has 0 aliphatic heterocycles. The van der Waals surface area contributed by atoms with Crippen molar-refractivity contribution in [2.75, 3.05) is 18.4 Å². The minimum Gasteiger partial charge on any atom is -0.378 e. The molecule has 1 aliphatic rings. The summed E-state index contributed by atoms with van der Waals surface area (Å²) in [7, 11) is 0. The van der Waals surface area contributed by atoms with E-state index in [4.69, 9.17) is 0 Å². The summed E-state index contributed by atoms with van der Waals surface area (Å²) in [6.07, 6.45) is 5.24. The van der Waals surface area contributed by atoms with E-state index in [1.807, 2.05) is 0 Å². The van der Waals surface area contributed by atoms with Crippen molar-refractivity contribution in [1.29, 1.82) is 0 Å². The van der Waals surface area contributed by atoms with Gasteiger partial charge in [-0.05, 0) is 34.7 Å². The van der Waals surface area contributed by atoms with Crippen molar-refractivity contribution in [3.8, 4) is 0 Å². The second-order valence-electron chi connectivity index (χ2n) is 5.06. The van der Waals surface area contributed by atoms with Gasteiger partial charge in [0.25, 0.3) is 5.56 Å². The fourth-order valence-corrected chi connectivity index (χ4v) is 2.51. The molecule has 0 aromatic carbocycles. The lowest BCUT2D eigenvalue weighted by Gasteiger charge is -2.25. The van der Waals surface area contributed by atoms with Crippen molar-refractivity contribution >= 4 is 27.5 Å². The minimum atomic E-state index is -0.117. The molecule has 1 amide bonds. The van der Waals surface area contributed by atoms with E-state index in [1.54, 1.807) is 6.20 Å².